The maximum Gasteiger partial charge on any atom is 0.307 e. The fraction of sp³-hybridized carbons (Fsp3) is 0.917. The Hall–Kier alpha value is -0.570. The van der Waals surface area contributed by atoms with Crippen molar-refractivity contribution in [3.63, 3.8) is 0 Å². The van der Waals surface area contributed by atoms with E-state index >= 15 is 0 Å². The molecular formula is C12H25NO2. The number of carbonyl (C=O) groups excluding carboxylic acids is 1. The van der Waals surface area contributed by atoms with Crippen LogP contribution in [0.4, 0.5) is 0 Å². The normalized spacial score (nSPS) is 15.5. The van der Waals surface area contributed by atoms with E-state index in [0.29, 0.717) is 18.4 Å². The van der Waals surface area contributed by atoms with E-state index in [0.717, 1.165) is 6.42 Å². The Morgan fingerprint density at radius 1 is 1.20 bits per heavy atom. The van der Waals surface area contributed by atoms with Gasteiger partial charge in [-0.1, -0.05) is 13.8 Å². The average Bonchev–Trinajstić information content (AvgIpc) is 2.15. The molecule has 0 amide bonds. The molecule has 0 aliphatic rings. The minimum Gasteiger partial charge on any atom is -0.469 e. The molecule has 0 aromatic heterocycles. The highest BCUT2D eigenvalue weighted by atomic mass is 16.5. The highest BCUT2D eigenvalue weighted by Gasteiger charge is 2.19. The molecule has 0 N–H and O–H groups in total. The van der Waals surface area contributed by atoms with E-state index in [4.69, 9.17) is 0 Å². The lowest BCUT2D eigenvalue weighted by Gasteiger charge is -2.31. The molecule has 90 valence electrons. The third-order valence-electron chi connectivity index (χ3n) is 2.89. The minimum absolute atomic E-state index is 0.133. The van der Waals surface area contributed by atoms with E-state index in [1.807, 2.05) is 0 Å². The molecule has 0 saturated heterocycles. The number of ether oxygens (including phenoxy) is 1. The van der Waals surface area contributed by atoms with Crippen LogP contribution in [0, 0.1) is 5.92 Å². The van der Waals surface area contributed by atoms with Crippen molar-refractivity contribution in [2.45, 2.75) is 52.6 Å². The van der Waals surface area contributed by atoms with Crippen LogP contribution in [0.15, 0.2) is 0 Å². The second-order valence-electron chi connectivity index (χ2n) is 4.77. The first kappa shape index (κ1) is 14.4. The van der Waals surface area contributed by atoms with Crippen molar-refractivity contribution >= 4 is 5.97 Å². The van der Waals surface area contributed by atoms with E-state index in [1.54, 1.807) is 0 Å². The molecule has 15 heavy (non-hydrogen) atoms. The Kier molecular flexibility index (Phi) is 6.57. The average molecular weight is 215 g/mol. The number of esters is 1. The molecule has 0 aromatic carbocycles. The second kappa shape index (κ2) is 6.83. The molecular weight excluding hydrogens is 190 g/mol. The largest absolute Gasteiger partial charge is 0.469 e. The highest BCUT2D eigenvalue weighted by molar-refractivity contribution is 5.69. The molecule has 0 bridgehead atoms. The van der Waals surface area contributed by atoms with Gasteiger partial charge < -0.3 is 9.64 Å². The summed E-state index contributed by atoms with van der Waals surface area (Å²) in [6.45, 7) is 8.70. The molecule has 0 radical (unpaired) electrons. The zero-order valence-electron chi connectivity index (χ0n) is 10.9. The van der Waals surface area contributed by atoms with E-state index in [2.05, 4.69) is 44.4 Å². The van der Waals surface area contributed by atoms with Crippen LogP contribution in [0.2, 0.25) is 0 Å². The third-order valence-corrected chi connectivity index (χ3v) is 2.89. The molecule has 0 rings (SSSR count). The van der Waals surface area contributed by atoms with E-state index < -0.39 is 0 Å². The molecule has 2 atom stereocenters. The molecule has 2 unspecified atom stereocenters. The zero-order chi connectivity index (χ0) is 12.0. The third kappa shape index (κ3) is 5.78. The van der Waals surface area contributed by atoms with Crippen LogP contribution in [0.3, 0.4) is 0 Å². The van der Waals surface area contributed by atoms with Gasteiger partial charge in [0.25, 0.3) is 0 Å². The molecule has 3 nitrogen and oxygen atoms in total. The Morgan fingerprint density at radius 2 is 1.73 bits per heavy atom. The quantitative estimate of drug-likeness (QED) is 0.637. The van der Waals surface area contributed by atoms with Crippen LogP contribution >= 0.6 is 0 Å². The van der Waals surface area contributed by atoms with Gasteiger partial charge >= 0.3 is 5.97 Å². The molecule has 0 spiro atoms. The van der Waals surface area contributed by atoms with Crippen LogP contribution < -0.4 is 0 Å². The van der Waals surface area contributed by atoms with Gasteiger partial charge in [0, 0.05) is 12.1 Å². The number of hydrogen-bond acceptors (Lipinski definition) is 3. The van der Waals surface area contributed by atoms with Gasteiger partial charge in [0.15, 0.2) is 0 Å². The van der Waals surface area contributed by atoms with Crippen LogP contribution in [0.25, 0.3) is 0 Å². The summed E-state index contributed by atoms with van der Waals surface area (Å²) in [4.78, 5) is 13.4. The Labute approximate surface area is 93.8 Å². The molecule has 0 saturated carbocycles. The van der Waals surface area contributed by atoms with Crippen molar-refractivity contribution in [2.24, 2.45) is 5.92 Å². The van der Waals surface area contributed by atoms with Gasteiger partial charge in [0.2, 0.25) is 0 Å². The topological polar surface area (TPSA) is 29.5 Å². The number of methoxy groups -OCH3 is 1. The molecule has 0 aliphatic heterocycles. The van der Waals surface area contributed by atoms with Crippen LogP contribution in [0.5, 0.6) is 0 Å². The first-order valence-electron chi connectivity index (χ1n) is 5.67. The molecule has 0 fully saturated rings. The van der Waals surface area contributed by atoms with Crippen molar-refractivity contribution in [2.75, 3.05) is 14.2 Å². The molecule has 0 heterocycles. The predicted molar refractivity (Wildman–Crippen MR) is 62.8 cm³/mol. The van der Waals surface area contributed by atoms with Gasteiger partial charge in [-0.25, -0.2) is 0 Å². The van der Waals surface area contributed by atoms with Gasteiger partial charge in [0.05, 0.1) is 13.5 Å². The van der Waals surface area contributed by atoms with Gasteiger partial charge in [0.1, 0.15) is 0 Å². The number of hydrogen-bond donors (Lipinski definition) is 0. The predicted octanol–water partition coefficient (Wildman–Crippen LogP) is 2.30. The van der Waals surface area contributed by atoms with Gasteiger partial charge in [-0.2, -0.15) is 0 Å². The van der Waals surface area contributed by atoms with Gasteiger partial charge in [-0.15, -0.1) is 0 Å². The van der Waals surface area contributed by atoms with Crippen LogP contribution in [-0.4, -0.2) is 37.1 Å². The first-order chi connectivity index (χ1) is 6.88. The number of nitrogens with zero attached hydrogens (tertiary/aromatic N) is 1. The summed E-state index contributed by atoms with van der Waals surface area (Å²) in [7, 11) is 3.51. The van der Waals surface area contributed by atoms with Crippen molar-refractivity contribution in [3.05, 3.63) is 0 Å². The zero-order valence-corrected chi connectivity index (χ0v) is 10.9. The SMILES string of the molecule is COC(=O)CC(C)N(C)C(C)CC(C)C. The van der Waals surface area contributed by atoms with E-state index in [-0.39, 0.29) is 12.0 Å². The summed E-state index contributed by atoms with van der Waals surface area (Å²) in [5.74, 6) is 0.555. The molecule has 0 aromatic rings. The van der Waals surface area contributed by atoms with Crippen molar-refractivity contribution in [1.29, 1.82) is 0 Å². The minimum atomic E-state index is -0.133. The summed E-state index contributed by atoms with van der Waals surface area (Å²) >= 11 is 0. The Bertz CT molecular complexity index is 192. The van der Waals surface area contributed by atoms with Gasteiger partial charge in [-0.05, 0) is 33.2 Å². The molecule has 3 heteroatoms. The molecule has 0 aliphatic carbocycles. The van der Waals surface area contributed by atoms with Gasteiger partial charge in [-0.3, -0.25) is 4.79 Å². The van der Waals surface area contributed by atoms with E-state index in [1.165, 1.54) is 7.11 Å². The van der Waals surface area contributed by atoms with Crippen LogP contribution in [0.1, 0.15) is 40.5 Å². The number of carbonyl (C=O) groups is 1. The summed E-state index contributed by atoms with van der Waals surface area (Å²) in [6.07, 6.45) is 1.62. The smallest absolute Gasteiger partial charge is 0.307 e. The Balaban J connectivity index is 4.06. The highest BCUT2D eigenvalue weighted by Crippen LogP contribution is 2.13. The lowest BCUT2D eigenvalue weighted by atomic mass is 10.0. The number of rotatable bonds is 6. The van der Waals surface area contributed by atoms with Crippen molar-refractivity contribution in [3.8, 4) is 0 Å². The standard InChI is InChI=1S/C12H25NO2/c1-9(2)7-10(3)13(5)11(4)8-12(14)15-6/h9-11H,7-8H2,1-6H3. The monoisotopic (exact) mass is 215 g/mol. The van der Waals surface area contributed by atoms with Crippen molar-refractivity contribution < 1.29 is 9.53 Å². The van der Waals surface area contributed by atoms with Crippen molar-refractivity contribution in [1.82, 2.24) is 4.90 Å². The summed E-state index contributed by atoms with van der Waals surface area (Å²) in [6, 6.07) is 0.746. The Morgan fingerprint density at radius 3 is 2.13 bits per heavy atom. The lowest BCUT2D eigenvalue weighted by molar-refractivity contribution is -0.141. The maximum atomic E-state index is 11.1. The maximum absolute atomic E-state index is 11.1. The second-order valence-corrected chi connectivity index (χ2v) is 4.77. The first-order valence-corrected chi connectivity index (χ1v) is 5.67. The lowest BCUT2D eigenvalue weighted by Crippen LogP contribution is -2.38. The van der Waals surface area contributed by atoms with E-state index in [9.17, 15) is 4.79 Å². The fourth-order valence-electron chi connectivity index (χ4n) is 1.75. The fourth-order valence-corrected chi connectivity index (χ4v) is 1.75. The van der Waals surface area contributed by atoms with Crippen LogP contribution in [-0.2, 0) is 9.53 Å². The summed E-state index contributed by atoms with van der Waals surface area (Å²) in [5.41, 5.74) is 0. The summed E-state index contributed by atoms with van der Waals surface area (Å²) in [5, 5.41) is 0. The summed E-state index contributed by atoms with van der Waals surface area (Å²) < 4.78 is 4.67.